The number of ether oxygens (including phenoxy) is 1. The Labute approximate surface area is 106 Å². The largest absolute Gasteiger partial charge is 0.494 e. The first-order chi connectivity index (χ1) is 8.30. The van der Waals surface area contributed by atoms with Gasteiger partial charge in [-0.25, -0.2) is 0 Å². The molecule has 1 aromatic carbocycles. The standard InChI is InChI=1S/C15H25NO/c1-4-14-8-10-15(11-9-14)17-13-7-12-16(5-2)6-3/h8-11H,4-7,12-13H2,1-3H3. The molecule has 0 amide bonds. The average molecular weight is 235 g/mol. The van der Waals surface area contributed by atoms with E-state index in [4.69, 9.17) is 4.74 Å². The van der Waals surface area contributed by atoms with E-state index in [0.29, 0.717) is 0 Å². The molecule has 0 aromatic heterocycles. The minimum atomic E-state index is 0.808. The van der Waals surface area contributed by atoms with Gasteiger partial charge in [0.05, 0.1) is 6.61 Å². The highest BCUT2D eigenvalue weighted by atomic mass is 16.5. The quantitative estimate of drug-likeness (QED) is 0.641. The molecule has 1 aromatic rings. The molecule has 2 heteroatoms. The van der Waals surface area contributed by atoms with Crippen LogP contribution in [0.3, 0.4) is 0 Å². The van der Waals surface area contributed by atoms with Crippen LogP contribution in [0.1, 0.15) is 32.8 Å². The molecule has 1 rings (SSSR count). The molecular formula is C15H25NO. The van der Waals surface area contributed by atoms with E-state index in [1.54, 1.807) is 0 Å². The molecule has 0 aliphatic carbocycles. The first kappa shape index (κ1) is 14.0. The highest BCUT2D eigenvalue weighted by Gasteiger charge is 1.99. The summed E-state index contributed by atoms with van der Waals surface area (Å²) in [7, 11) is 0. The monoisotopic (exact) mass is 235 g/mol. The molecule has 0 saturated carbocycles. The predicted molar refractivity (Wildman–Crippen MR) is 73.7 cm³/mol. The Kier molecular flexibility index (Phi) is 6.71. The summed E-state index contributed by atoms with van der Waals surface area (Å²) in [6.45, 7) is 10.8. The summed E-state index contributed by atoms with van der Waals surface area (Å²) in [5.74, 6) is 0.988. The number of aryl methyl sites for hydroxylation is 1. The van der Waals surface area contributed by atoms with Crippen LogP contribution in [-0.2, 0) is 6.42 Å². The molecular weight excluding hydrogens is 210 g/mol. The highest BCUT2D eigenvalue weighted by Crippen LogP contribution is 2.12. The molecule has 0 bridgehead atoms. The lowest BCUT2D eigenvalue weighted by Gasteiger charge is -2.17. The van der Waals surface area contributed by atoms with Gasteiger partial charge in [0.25, 0.3) is 0 Å². The van der Waals surface area contributed by atoms with Crippen LogP contribution in [-0.4, -0.2) is 31.1 Å². The number of rotatable bonds is 8. The maximum atomic E-state index is 5.72. The number of hydrogen-bond donors (Lipinski definition) is 0. The van der Waals surface area contributed by atoms with Crippen LogP contribution in [0.15, 0.2) is 24.3 Å². The van der Waals surface area contributed by atoms with Crippen LogP contribution in [0.4, 0.5) is 0 Å². The van der Waals surface area contributed by atoms with Crippen LogP contribution < -0.4 is 4.74 Å². The van der Waals surface area contributed by atoms with Crippen molar-refractivity contribution in [3.05, 3.63) is 29.8 Å². The molecule has 0 aliphatic rings. The predicted octanol–water partition coefficient (Wildman–Crippen LogP) is 3.36. The van der Waals surface area contributed by atoms with Crippen LogP contribution in [0.5, 0.6) is 5.75 Å². The van der Waals surface area contributed by atoms with E-state index in [0.717, 1.165) is 44.8 Å². The van der Waals surface area contributed by atoms with Gasteiger partial charge in [-0.05, 0) is 43.6 Å². The van der Waals surface area contributed by atoms with Gasteiger partial charge in [-0.15, -0.1) is 0 Å². The van der Waals surface area contributed by atoms with E-state index in [9.17, 15) is 0 Å². The first-order valence-corrected chi connectivity index (χ1v) is 6.74. The van der Waals surface area contributed by atoms with Crippen molar-refractivity contribution in [3.63, 3.8) is 0 Å². The normalized spacial score (nSPS) is 10.8. The van der Waals surface area contributed by atoms with Crippen LogP contribution in [0.2, 0.25) is 0 Å². The van der Waals surface area contributed by atoms with Crippen molar-refractivity contribution < 1.29 is 4.74 Å². The molecule has 0 aliphatic heterocycles. The zero-order valence-electron chi connectivity index (χ0n) is 11.4. The van der Waals surface area contributed by atoms with Crippen molar-refractivity contribution >= 4 is 0 Å². The van der Waals surface area contributed by atoms with E-state index in [2.05, 4.69) is 49.9 Å². The summed E-state index contributed by atoms with van der Waals surface area (Å²) in [4.78, 5) is 2.42. The minimum Gasteiger partial charge on any atom is -0.494 e. The molecule has 0 heterocycles. The van der Waals surface area contributed by atoms with E-state index >= 15 is 0 Å². The fourth-order valence-electron chi connectivity index (χ4n) is 1.84. The molecule has 0 atom stereocenters. The number of nitrogens with zero attached hydrogens (tertiary/aromatic N) is 1. The van der Waals surface area contributed by atoms with Gasteiger partial charge in [-0.3, -0.25) is 0 Å². The lowest BCUT2D eigenvalue weighted by Crippen LogP contribution is -2.25. The van der Waals surface area contributed by atoms with Gasteiger partial charge in [0.2, 0.25) is 0 Å². The third-order valence-electron chi connectivity index (χ3n) is 3.11. The van der Waals surface area contributed by atoms with Gasteiger partial charge in [-0.2, -0.15) is 0 Å². The van der Waals surface area contributed by atoms with Gasteiger partial charge in [-0.1, -0.05) is 32.9 Å². The molecule has 0 radical (unpaired) electrons. The minimum absolute atomic E-state index is 0.808. The SMILES string of the molecule is CCc1ccc(OCCCN(CC)CC)cc1. The molecule has 0 N–H and O–H groups in total. The molecule has 0 unspecified atom stereocenters. The Morgan fingerprint density at radius 1 is 1.00 bits per heavy atom. The van der Waals surface area contributed by atoms with E-state index < -0.39 is 0 Å². The van der Waals surface area contributed by atoms with Crippen molar-refractivity contribution in [3.8, 4) is 5.75 Å². The fourth-order valence-corrected chi connectivity index (χ4v) is 1.84. The van der Waals surface area contributed by atoms with Crippen LogP contribution in [0, 0.1) is 0 Å². The lowest BCUT2D eigenvalue weighted by molar-refractivity contribution is 0.249. The van der Waals surface area contributed by atoms with Crippen molar-refractivity contribution in [2.75, 3.05) is 26.2 Å². The Balaban J connectivity index is 2.21. The summed E-state index contributed by atoms with van der Waals surface area (Å²) in [5.41, 5.74) is 1.36. The topological polar surface area (TPSA) is 12.5 Å². The molecule has 96 valence electrons. The Morgan fingerprint density at radius 3 is 2.18 bits per heavy atom. The summed E-state index contributed by atoms with van der Waals surface area (Å²) in [5, 5.41) is 0. The lowest BCUT2D eigenvalue weighted by atomic mass is 10.2. The second kappa shape index (κ2) is 8.13. The molecule has 0 spiro atoms. The van der Waals surface area contributed by atoms with Gasteiger partial charge >= 0.3 is 0 Å². The smallest absolute Gasteiger partial charge is 0.119 e. The van der Waals surface area contributed by atoms with Gasteiger partial charge in [0.15, 0.2) is 0 Å². The van der Waals surface area contributed by atoms with E-state index in [-0.39, 0.29) is 0 Å². The molecule has 2 nitrogen and oxygen atoms in total. The third kappa shape index (κ3) is 5.22. The molecule has 0 saturated heterocycles. The average Bonchev–Trinajstić information content (AvgIpc) is 2.40. The number of benzene rings is 1. The van der Waals surface area contributed by atoms with Crippen molar-refractivity contribution in [2.24, 2.45) is 0 Å². The Bertz CT molecular complexity index is 290. The van der Waals surface area contributed by atoms with Crippen LogP contribution >= 0.6 is 0 Å². The summed E-state index contributed by atoms with van der Waals surface area (Å²) in [6, 6.07) is 8.41. The van der Waals surface area contributed by atoms with E-state index in [1.165, 1.54) is 5.56 Å². The van der Waals surface area contributed by atoms with Gasteiger partial charge < -0.3 is 9.64 Å². The zero-order chi connectivity index (χ0) is 12.5. The van der Waals surface area contributed by atoms with Crippen molar-refractivity contribution in [1.82, 2.24) is 4.90 Å². The van der Waals surface area contributed by atoms with Gasteiger partial charge in [0, 0.05) is 6.54 Å². The van der Waals surface area contributed by atoms with Crippen molar-refractivity contribution in [2.45, 2.75) is 33.6 Å². The molecule has 17 heavy (non-hydrogen) atoms. The molecule has 0 fully saturated rings. The summed E-state index contributed by atoms with van der Waals surface area (Å²) >= 11 is 0. The maximum absolute atomic E-state index is 5.72. The first-order valence-electron chi connectivity index (χ1n) is 6.74. The van der Waals surface area contributed by atoms with Gasteiger partial charge in [0.1, 0.15) is 5.75 Å². The van der Waals surface area contributed by atoms with E-state index in [1.807, 2.05) is 0 Å². The summed E-state index contributed by atoms with van der Waals surface area (Å²) in [6.07, 6.45) is 2.18. The second-order valence-corrected chi connectivity index (χ2v) is 4.23. The third-order valence-corrected chi connectivity index (χ3v) is 3.11. The highest BCUT2D eigenvalue weighted by molar-refractivity contribution is 5.27. The number of hydrogen-bond acceptors (Lipinski definition) is 2. The van der Waals surface area contributed by atoms with Crippen LogP contribution in [0.25, 0.3) is 0 Å². The van der Waals surface area contributed by atoms with Crippen molar-refractivity contribution in [1.29, 1.82) is 0 Å². The second-order valence-electron chi connectivity index (χ2n) is 4.23. The Morgan fingerprint density at radius 2 is 1.65 bits per heavy atom. The zero-order valence-corrected chi connectivity index (χ0v) is 11.4. The fraction of sp³-hybridized carbons (Fsp3) is 0.600. The Hall–Kier alpha value is -1.02. The summed E-state index contributed by atoms with van der Waals surface area (Å²) < 4.78 is 5.72. The maximum Gasteiger partial charge on any atom is 0.119 e.